The Bertz CT molecular complexity index is 229. The average molecular weight is 253 g/mol. The molecule has 0 bridgehead atoms. The fourth-order valence-electron chi connectivity index (χ4n) is 1.16. The van der Waals surface area contributed by atoms with Crippen molar-refractivity contribution in [2.24, 2.45) is 0 Å². The van der Waals surface area contributed by atoms with Gasteiger partial charge in [0.1, 0.15) is 0 Å². The highest BCUT2D eigenvalue weighted by atomic mass is 35.5. The first-order valence-electron chi connectivity index (χ1n) is 4.84. The molecule has 0 N–H and O–H groups in total. The van der Waals surface area contributed by atoms with E-state index in [0.717, 1.165) is 6.42 Å². The van der Waals surface area contributed by atoms with Gasteiger partial charge in [-0.3, -0.25) is 9.80 Å². The van der Waals surface area contributed by atoms with Crippen molar-refractivity contribution in [1.29, 1.82) is 0 Å². The molecule has 5 heteroatoms. The molecule has 0 unspecified atom stereocenters. The van der Waals surface area contributed by atoms with Crippen molar-refractivity contribution in [3.8, 4) is 0 Å². The SMILES string of the molecule is C=CCN(C(=O)C(Cl)(Cl)CCC)N(C)C. The van der Waals surface area contributed by atoms with Crippen LogP contribution in [-0.4, -0.2) is 40.9 Å². The van der Waals surface area contributed by atoms with Gasteiger partial charge >= 0.3 is 0 Å². The van der Waals surface area contributed by atoms with Crippen molar-refractivity contribution in [3.63, 3.8) is 0 Å². The second-order valence-electron chi connectivity index (χ2n) is 3.48. The highest BCUT2D eigenvalue weighted by Gasteiger charge is 2.37. The van der Waals surface area contributed by atoms with Gasteiger partial charge in [-0.25, -0.2) is 5.01 Å². The Morgan fingerprint density at radius 1 is 1.47 bits per heavy atom. The number of hydrogen-bond acceptors (Lipinski definition) is 2. The summed E-state index contributed by atoms with van der Waals surface area (Å²) in [4.78, 5) is 12.0. The molecule has 88 valence electrons. The quantitative estimate of drug-likeness (QED) is 0.412. The predicted octanol–water partition coefficient (Wildman–Crippen LogP) is 2.45. The zero-order chi connectivity index (χ0) is 12.1. The number of rotatable bonds is 6. The number of carbonyl (C=O) groups excluding carboxylic acids is 1. The van der Waals surface area contributed by atoms with Gasteiger partial charge in [0.25, 0.3) is 5.91 Å². The number of hydrogen-bond donors (Lipinski definition) is 0. The topological polar surface area (TPSA) is 23.6 Å². The van der Waals surface area contributed by atoms with Crippen LogP contribution >= 0.6 is 23.2 Å². The Hall–Kier alpha value is -0.250. The summed E-state index contributed by atoms with van der Waals surface area (Å²) in [5.41, 5.74) is 0. The summed E-state index contributed by atoms with van der Waals surface area (Å²) in [6.07, 6.45) is 2.83. The highest BCUT2D eigenvalue weighted by Crippen LogP contribution is 2.29. The molecule has 0 aliphatic rings. The molecule has 0 rings (SSSR count). The number of alkyl halides is 2. The molecule has 1 amide bonds. The summed E-state index contributed by atoms with van der Waals surface area (Å²) in [5.74, 6) is -0.308. The van der Waals surface area contributed by atoms with Crippen LogP contribution in [0.3, 0.4) is 0 Å². The second-order valence-corrected chi connectivity index (χ2v) is 4.96. The number of halogens is 2. The van der Waals surface area contributed by atoms with E-state index in [2.05, 4.69) is 6.58 Å². The fraction of sp³-hybridized carbons (Fsp3) is 0.700. The molecule has 0 radical (unpaired) electrons. The van der Waals surface area contributed by atoms with E-state index in [0.29, 0.717) is 13.0 Å². The molecule has 0 aliphatic carbocycles. The number of amides is 1. The van der Waals surface area contributed by atoms with Gasteiger partial charge in [0.05, 0.1) is 6.54 Å². The summed E-state index contributed by atoms with van der Waals surface area (Å²) >= 11 is 11.9. The molecule has 15 heavy (non-hydrogen) atoms. The molecule has 0 aromatic rings. The van der Waals surface area contributed by atoms with Crippen LogP contribution in [0.5, 0.6) is 0 Å². The maximum absolute atomic E-state index is 12.0. The smallest absolute Gasteiger partial charge is 0.270 e. The van der Waals surface area contributed by atoms with Gasteiger partial charge in [0.15, 0.2) is 4.33 Å². The number of hydrazine groups is 1. The van der Waals surface area contributed by atoms with E-state index >= 15 is 0 Å². The monoisotopic (exact) mass is 252 g/mol. The van der Waals surface area contributed by atoms with Gasteiger partial charge in [-0.2, -0.15) is 0 Å². The van der Waals surface area contributed by atoms with Crippen LogP contribution in [-0.2, 0) is 4.79 Å². The molecule has 0 atom stereocenters. The van der Waals surface area contributed by atoms with Crippen LogP contribution in [0.1, 0.15) is 19.8 Å². The molecule has 0 fully saturated rings. The summed E-state index contributed by atoms with van der Waals surface area (Å²) in [5, 5.41) is 3.11. The van der Waals surface area contributed by atoms with Crippen molar-refractivity contribution >= 4 is 29.1 Å². The molecule has 0 saturated heterocycles. The zero-order valence-corrected chi connectivity index (χ0v) is 11.0. The lowest BCUT2D eigenvalue weighted by Gasteiger charge is -2.32. The Balaban J connectivity index is 4.68. The van der Waals surface area contributed by atoms with E-state index in [9.17, 15) is 4.79 Å². The minimum Gasteiger partial charge on any atom is -0.270 e. The van der Waals surface area contributed by atoms with Gasteiger partial charge in [0.2, 0.25) is 0 Å². The molecule has 0 spiro atoms. The summed E-state index contributed by atoms with van der Waals surface area (Å²) < 4.78 is -1.35. The van der Waals surface area contributed by atoms with E-state index < -0.39 is 4.33 Å². The first-order valence-corrected chi connectivity index (χ1v) is 5.60. The van der Waals surface area contributed by atoms with Crippen LogP contribution < -0.4 is 0 Å². The highest BCUT2D eigenvalue weighted by molar-refractivity contribution is 6.58. The largest absolute Gasteiger partial charge is 0.273 e. The van der Waals surface area contributed by atoms with Crippen molar-refractivity contribution in [3.05, 3.63) is 12.7 Å². The van der Waals surface area contributed by atoms with Crippen LogP contribution in [0.2, 0.25) is 0 Å². The Labute approximate surface area is 102 Å². The Morgan fingerprint density at radius 2 is 2.00 bits per heavy atom. The van der Waals surface area contributed by atoms with Gasteiger partial charge < -0.3 is 0 Å². The molecular formula is C10H18Cl2N2O. The third kappa shape index (κ3) is 4.41. The van der Waals surface area contributed by atoms with Crippen molar-refractivity contribution in [2.45, 2.75) is 24.1 Å². The first kappa shape index (κ1) is 14.8. The van der Waals surface area contributed by atoms with Gasteiger partial charge in [-0.15, -0.1) is 6.58 Å². The van der Waals surface area contributed by atoms with Crippen LogP contribution in [0.15, 0.2) is 12.7 Å². The van der Waals surface area contributed by atoms with Gasteiger partial charge in [-0.05, 0) is 6.42 Å². The van der Waals surface area contributed by atoms with E-state index in [-0.39, 0.29) is 5.91 Å². The number of nitrogens with zero attached hydrogens (tertiary/aromatic N) is 2. The Kier molecular flexibility index (Phi) is 6.25. The lowest BCUT2D eigenvalue weighted by Crippen LogP contribution is -2.49. The molecular weight excluding hydrogens is 235 g/mol. The molecule has 0 aromatic carbocycles. The third-order valence-corrected chi connectivity index (χ3v) is 2.60. The van der Waals surface area contributed by atoms with E-state index in [1.807, 2.05) is 6.92 Å². The van der Waals surface area contributed by atoms with E-state index in [1.54, 1.807) is 25.2 Å². The third-order valence-electron chi connectivity index (χ3n) is 1.90. The minimum atomic E-state index is -1.35. The molecule has 0 saturated carbocycles. The lowest BCUT2D eigenvalue weighted by molar-refractivity contribution is -0.144. The molecule has 0 aromatic heterocycles. The molecule has 0 heterocycles. The van der Waals surface area contributed by atoms with Crippen LogP contribution in [0.4, 0.5) is 0 Å². The van der Waals surface area contributed by atoms with Gasteiger partial charge in [-0.1, -0.05) is 42.6 Å². The summed E-state index contributed by atoms with van der Waals surface area (Å²) in [7, 11) is 3.52. The van der Waals surface area contributed by atoms with Gasteiger partial charge in [0, 0.05) is 14.1 Å². The van der Waals surface area contributed by atoms with E-state index in [4.69, 9.17) is 23.2 Å². The van der Waals surface area contributed by atoms with Crippen LogP contribution in [0.25, 0.3) is 0 Å². The van der Waals surface area contributed by atoms with Crippen molar-refractivity contribution in [1.82, 2.24) is 10.0 Å². The molecule has 3 nitrogen and oxygen atoms in total. The van der Waals surface area contributed by atoms with Crippen LogP contribution in [0, 0.1) is 0 Å². The normalized spacial score (nSPS) is 11.6. The molecule has 0 aliphatic heterocycles. The average Bonchev–Trinajstić information content (AvgIpc) is 2.12. The standard InChI is InChI=1S/C10H18Cl2N2O/c1-5-7-10(11,12)9(15)14(8-6-2)13(3)4/h6H,2,5,7-8H2,1,3-4H3. The van der Waals surface area contributed by atoms with E-state index in [1.165, 1.54) is 5.01 Å². The zero-order valence-electron chi connectivity index (χ0n) is 9.46. The minimum absolute atomic E-state index is 0.308. The summed E-state index contributed by atoms with van der Waals surface area (Å²) in [6.45, 7) is 5.92. The maximum atomic E-state index is 12.0. The second kappa shape index (κ2) is 6.36. The van der Waals surface area contributed by atoms with Crippen molar-refractivity contribution in [2.75, 3.05) is 20.6 Å². The Morgan fingerprint density at radius 3 is 2.33 bits per heavy atom. The van der Waals surface area contributed by atoms with Crippen molar-refractivity contribution < 1.29 is 4.79 Å². The fourth-order valence-corrected chi connectivity index (χ4v) is 1.73. The predicted molar refractivity (Wildman–Crippen MR) is 64.9 cm³/mol. The first-order chi connectivity index (χ1) is 6.86. The summed E-state index contributed by atoms with van der Waals surface area (Å²) in [6, 6.07) is 0. The maximum Gasteiger partial charge on any atom is 0.273 e. The number of carbonyl (C=O) groups is 1. The lowest BCUT2D eigenvalue weighted by atomic mass is 10.2.